The van der Waals surface area contributed by atoms with E-state index in [1.807, 2.05) is 98.8 Å². The lowest BCUT2D eigenvalue weighted by Crippen LogP contribution is -2.36. The fourth-order valence-corrected chi connectivity index (χ4v) is 4.91. The molecule has 0 radical (unpaired) electrons. The van der Waals surface area contributed by atoms with Crippen molar-refractivity contribution in [3.63, 3.8) is 0 Å². The van der Waals surface area contributed by atoms with Crippen LogP contribution < -0.4 is 0 Å². The van der Waals surface area contributed by atoms with Gasteiger partial charge in [0.2, 0.25) is 5.79 Å². The van der Waals surface area contributed by atoms with Crippen molar-refractivity contribution in [2.45, 2.75) is 50.3 Å². The molecule has 1 N–H and O–H groups in total. The lowest BCUT2D eigenvalue weighted by molar-refractivity contribution is -0.159. The number of aliphatic hydroxyl groups excluding tert-OH is 1. The third-order valence-corrected chi connectivity index (χ3v) is 6.41. The maximum atomic E-state index is 11.7. The van der Waals surface area contributed by atoms with Gasteiger partial charge in [0.15, 0.2) is 5.79 Å². The zero-order valence-corrected chi connectivity index (χ0v) is 20.1. The van der Waals surface area contributed by atoms with Crippen molar-refractivity contribution in [1.29, 1.82) is 0 Å². The van der Waals surface area contributed by atoms with Crippen molar-refractivity contribution in [1.82, 2.24) is 0 Å². The van der Waals surface area contributed by atoms with E-state index in [1.165, 1.54) is 0 Å². The average Bonchev–Trinajstić information content (AvgIpc) is 3.50. The molecule has 6 nitrogen and oxygen atoms in total. The molecular formula is C29H32O6. The molecule has 0 saturated carbocycles. The molecule has 35 heavy (non-hydrogen) atoms. The second-order valence-corrected chi connectivity index (χ2v) is 9.35. The zero-order valence-electron chi connectivity index (χ0n) is 20.1. The number of hydrogen-bond donors (Lipinski definition) is 1. The quantitative estimate of drug-likeness (QED) is 0.508. The van der Waals surface area contributed by atoms with Gasteiger partial charge < -0.3 is 28.8 Å². The largest absolute Gasteiger partial charge is 0.386 e. The van der Waals surface area contributed by atoms with Crippen LogP contribution in [0.15, 0.2) is 84.9 Å². The maximum Gasteiger partial charge on any atom is 0.222 e. The number of hydrogen-bond acceptors (Lipinski definition) is 6. The Morgan fingerprint density at radius 1 is 0.857 bits per heavy atom. The highest BCUT2D eigenvalue weighted by Crippen LogP contribution is 2.44. The van der Waals surface area contributed by atoms with Gasteiger partial charge >= 0.3 is 0 Å². The van der Waals surface area contributed by atoms with Crippen LogP contribution in [0.5, 0.6) is 0 Å². The molecule has 6 heteroatoms. The predicted molar refractivity (Wildman–Crippen MR) is 130 cm³/mol. The first kappa shape index (κ1) is 24.1. The second kappa shape index (κ2) is 10.2. The molecule has 2 aliphatic heterocycles. The Morgan fingerprint density at radius 3 is 2.20 bits per heavy atom. The predicted octanol–water partition coefficient (Wildman–Crippen LogP) is 4.70. The fourth-order valence-electron chi connectivity index (χ4n) is 4.91. The van der Waals surface area contributed by atoms with Crippen molar-refractivity contribution in [2.75, 3.05) is 19.8 Å². The van der Waals surface area contributed by atoms with E-state index in [2.05, 4.69) is 0 Å². The van der Waals surface area contributed by atoms with Crippen LogP contribution in [0.1, 0.15) is 42.2 Å². The molecular weight excluding hydrogens is 444 g/mol. The minimum Gasteiger partial charge on any atom is -0.386 e. The highest BCUT2D eigenvalue weighted by Gasteiger charge is 2.48. The molecule has 2 heterocycles. The zero-order chi connectivity index (χ0) is 24.3. The maximum absolute atomic E-state index is 11.7. The first-order chi connectivity index (χ1) is 17.0. The van der Waals surface area contributed by atoms with E-state index in [-0.39, 0.29) is 0 Å². The lowest BCUT2D eigenvalue weighted by atomic mass is 9.88. The van der Waals surface area contributed by atoms with Crippen molar-refractivity contribution < 1.29 is 28.8 Å². The molecule has 0 aliphatic carbocycles. The summed E-state index contributed by atoms with van der Waals surface area (Å²) in [7, 11) is 0. The monoisotopic (exact) mass is 476 g/mol. The first-order valence-corrected chi connectivity index (χ1v) is 12.1. The van der Waals surface area contributed by atoms with Crippen LogP contribution in [0.3, 0.4) is 0 Å². The van der Waals surface area contributed by atoms with Gasteiger partial charge in [-0.05, 0) is 25.0 Å². The molecule has 5 rings (SSSR count). The van der Waals surface area contributed by atoms with Crippen LogP contribution in [0, 0.1) is 0 Å². The van der Waals surface area contributed by atoms with Crippen LogP contribution in [0.4, 0.5) is 0 Å². The standard InChI is InChI=1S/C29H32O6/c1-28(2)34-25(20-31-19-21-11-5-3-6-12-21)27(35-28)26(30)23-15-9-10-16-24(23)29(32-17-18-33-29)22-13-7-4-8-14-22/h3-16,25-27,30H,17-20H2,1-2H3/t25-,26+,27-/m0/s1. The highest BCUT2D eigenvalue weighted by atomic mass is 16.8. The molecule has 0 unspecified atom stereocenters. The topological polar surface area (TPSA) is 66.4 Å². The van der Waals surface area contributed by atoms with Gasteiger partial charge in [-0.3, -0.25) is 0 Å². The van der Waals surface area contributed by atoms with Gasteiger partial charge in [-0.2, -0.15) is 0 Å². The third-order valence-electron chi connectivity index (χ3n) is 6.41. The molecule has 3 aromatic carbocycles. The van der Waals surface area contributed by atoms with Crippen molar-refractivity contribution >= 4 is 0 Å². The third kappa shape index (κ3) is 5.05. The molecule has 184 valence electrons. The Bertz CT molecular complexity index is 1090. The van der Waals surface area contributed by atoms with Gasteiger partial charge in [0.1, 0.15) is 18.3 Å². The summed E-state index contributed by atoms with van der Waals surface area (Å²) in [6, 6.07) is 27.5. The van der Waals surface area contributed by atoms with Gasteiger partial charge in [0, 0.05) is 11.1 Å². The Kier molecular flexibility index (Phi) is 7.02. The van der Waals surface area contributed by atoms with Gasteiger partial charge in [-0.15, -0.1) is 0 Å². The smallest absolute Gasteiger partial charge is 0.222 e. The van der Waals surface area contributed by atoms with Crippen molar-refractivity contribution in [2.24, 2.45) is 0 Å². The van der Waals surface area contributed by atoms with E-state index in [9.17, 15) is 5.11 Å². The van der Waals surface area contributed by atoms with Gasteiger partial charge in [-0.25, -0.2) is 0 Å². The summed E-state index contributed by atoms with van der Waals surface area (Å²) in [6.07, 6.45) is -2.06. The summed E-state index contributed by atoms with van der Waals surface area (Å²) in [5, 5.41) is 11.7. The summed E-state index contributed by atoms with van der Waals surface area (Å²) in [6.45, 7) is 5.38. The SMILES string of the molecule is CC1(C)O[C@H]([C@H](O)c2ccccc2C2(c3ccccc3)OCCO2)[C@H](COCc2ccccc2)O1. The van der Waals surface area contributed by atoms with Crippen LogP contribution in [0.25, 0.3) is 0 Å². The van der Waals surface area contributed by atoms with Gasteiger partial charge in [0.05, 0.1) is 26.4 Å². The molecule has 0 amide bonds. The van der Waals surface area contributed by atoms with E-state index >= 15 is 0 Å². The molecule has 3 atom stereocenters. The van der Waals surface area contributed by atoms with Gasteiger partial charge in [0.25, 0.3) is 0 Å². The molecule has 0 aromatic heterocycles. The molecule has 2 fully saturated rings. The molecule has 0 spiro atoms. The summed E-state index contributed by atoms with van der Waals surface area (Å²) >= 11 is 0. The Hall–Kier alpha value is -2.58. The van der Waals surface area contributed by atoms with Crippen molar-refractivity contribution in [3.05, 3.63) is 107 Å². The molecule has 0 bridgehead atoms. The summed E-state index contributed by atoms with van der Waals surface area (Å²) in [5.74, 6) is -1.94. The summed E-state index contributed by atoms with van der Waals surface area (Å²) in [5.41, 5.74) is 3.39. The average molecular weight is 477 g/mol. The van der Waals surface area contributed by atoms with E-state index < -0.39 is 29.9 Å². The van der Waals surface area contributed by atoms with E-state index in [1.54, 1.807) is 0 Å². The molecule has 2 aliphatic rings. The number of aliphatic hydroxyl groups is 1. The van der Waals surface area contributed by atoms with Crippen molar-refractivity contribution in [3.8, 4) is 0 Å². The van der Waals surface area contributed by atoms with E-state index in [0.29, 0.717) is 32.0 Å². The number of ether oxygens (including phenoxy) is 5. The van der Waals surface area contributed by atoms with Crippen LogP contribution >= 0.6 is 0 Å². The number of rotatable bonds is 8. The van der Waals surface area contributed by atoms with Crippen LogP contribution in [-0.2, 0) is 36.1 Å². The Labute approximate surface area is 206 Å². The lowest BCUT2D eigenvalue weighted by Gasteiger charge is -2.33. The summed E-state index contributed by atoms with van der Waals surface area (Å²) < 4.78 is 30.8. The highest BCUT2D eigenvalue weighted by molar-refractivity contribution is 5.41. The second-order valence-electron chi connectivity index (χ2n) is 9.35. The molecule has 3 aromatic rings. The Morgan fingerprint density at radius 2 is 1.49 bits per heavy atom. The Balaban J connectivity index is 1.41. The van der Waals surface area contributed by atoms with E-state index in [4.69, 9.17) is 23.7 Å². The fraction of sp³-hybridized carbons (Fsp3) is 0.379. The normalized spacial score (nSPS) is 23.9. The summed E-state index contributed by atoms with van der Waals surface area (Å²) in [4.78, 5) is 0. The van der Waals surface area contributed by atoms with Gasteiger partial charge in [-0.1, -0.05) is 84.9 Å². The molecule has 2 saturated heterocycles. The first-order valence-electron chi connectivity index (χ1n) is 12.1. The van der Waals surface area contributed by atoms with E-state index in [0.717, 1.165) is 16.7 Å². The van der Waals surface area contributed by atoms with Crippen LogP contribution in [-0.4, -0.2) is 42.9 Å². The minimum atomic E-state index is -1.09. The van der Waals surface area contributed by atoms with Crippen LogP contribution in [0.2, 0.25) is 0 Å². The number of benzene rings is 3. The minimum absolute atomic E-state index is 0.291.